The molecule has 1 aromatic heterocycles. The average Bonchev–Trinajstić information content (AvgIpc) is 2.48. The quantitative estimate of drug-likeness (QED) is 0.886. The van der Waals surface area contributed by atoms with Crippen LogP contribution in [0.3, 0.4) is 0 Å². The fourth-order valence-electron chi connectivity index (χ4n) is 2.00. The van der Waals surface area contributed by atoms with Crippen LogP contribution in [0.5, 0.6) is 0 Å². The molecule has 1 amide bonds. The van der Waals surface area contributed by atoms with E-state index < -0.39 is 0 Å². The Labute approximate surface area is 129 Å². The Morgan fingerprint density at radius 1 is 1.29 bits per heavy atom. The van der Waals surface area contributed by atoms with Crippen molar-refractivity contribution in [2.24, 2.45) is 0 Å². The highest BCUT2D eigenvalue weighted by molar-refractivity contribution is 6.31. The fraction of sp³-hybridized carbons (Fsp3) is 0.250. The van der Waals surface area contributed by atoms with Crippen molar-refractivity contribution in [1.29, 1.82) is 0 Å². The second kappa shape index (κ2) is 7.09. The lowest BCUT2D eigenvalue weighted by Crippen LogP contribution is -2.26. The molecule has 1 atom stereocenters. The van der Waals surface area contributed by atoms with Crippen LogP contribution < -0.4 is 10.6 Å². The lowest BCUT2D eigenvalue weighted by molar-refractivity contribution is 0.0939. The van der Waals surface area contributed by atoms with E-state index in [-0.39, 0.29) is 11.9 Å². The fourth-order valence-corrected chi connectivity index (χ4v) is 2.30. The van der Waals surface area contributed by atoms with Crippen LogP contribution in [-0.2, 0) is 0 Å². The van der Waals surface area contributed by atoms with Gasteiger partial charge < -0.3 is 10.6 Å². The summed E-state index contributed by atoms with van der Waals surface area (Å²) >= 11 is 6.13. The molecule has 0 aliphatic heterocycles. The summed E-state index contributed by atoms with van der Waals surface area (Å²) in [6.07, 6.45) is 1.56. The number of amides is 1. The maximum atomic E-state index is 12.2. The molecule has 2 N–H and O–H groups in total. The number of nitrogens with one attached hydrogen (secondary N) is 2. The van der Waals surface area contributed by atoms with E-state index in [1.807, 2.05) is 38.1 Å². The van der Waals surface area contributed by atoms with Crippen LogP contribution in [0.25, 0.3) is 0 Å². The highest BCUT2D eigenvalue weighted by Gasteiger charge is 2.13. The predicted octanol–water partition coefficient (Wildman–Crippen LogP) is 3.66. The molecule has 5 heteroatoms. The van der Waals surface area contributed by atoms with Gasteiger partial charge in [0.1, 0.15) is 5.82 Å². The molecule has 0 aliphatic carbocycles. The van der Waals surface area contributed by atoms with Gasteiger partial charge in [0.15, 0.2) is 0 Å². The molecular formula is C16H18ClN3O. The Morgan fingerprint density at radius 3 is 2.67 bits per heavy atom. The Balaban J connectivity index is 2.05. The van der Waals surface area contributed by atoms with E-state index >= 15 is 0 Å². The molecule has 0 saturated heterocycles. The van der Waals surface area contributed by atoms with Gasteiger partial charge in [0.25, 0.3) is 5.91 Å². The third-order valence-electron chi connectivity index (χ3n) is 3.10. The van der Waals surface area contributed by atoms with Crippen LogP contribution in [0.2, 0.25) is 5.02 Å². The van der Waals surface area contributed by atoms with Gasteiger partial charge in [0.2, 0.25) is 0 Å². The van der Waals surface area contributed by atoms with Gasteiger partial charge >= 0.3 is 0 Å². The number of nitrogens with zero attached hydrogens (tertiary/aromatic N) is 1. The summed E-state index contributed by atoms with van der Waals surface area (Å²) in [5, 5.41) is 6.65. The van der Waals surface area contributed by atoms with E-state index in [0.29, 0.717) is 10.6 Å². The summed E-state index contributed by atoms with van der Waals surface area (Å²) in [6, 6.07) is 10.9. The Bertz CT molecular complexity index is 613. The molecule has 1 unspecified atom stereocenters. The molecule has 21 heavy (non-hydrogen) atoms. The van der Waals surface area contributed by atoms with E-state index in [1.54, 1.807) is 18.3 Å². The topological polar surface area (TPSA) is 54.0 Å². The number of halogens is 1. The normalized spacial score (nSPS) is 11.8. The first-order valence-corrected chi connectivity index (χ1v) is 7.24. The maximum absolute atomic E-state index is 12.2. The Morgan fingerprint density at radius 2 is 2.05 bits per heavy atom. The van der Waals surface area contributed by atoms with Crippen molar-refractivity contribution in [2.75, 3.05) is 11.9 Å². The number of aromatic nitrogens is 1. The predicted molar refractivity (Wildman–Crippen MR) is 85.7 cm³/mol. The second-order valence-corrected chi connectivity index (χ2v) is 5.09. The first kappa shape index (κ1) is 15.3. The van der Waals surface area contributed by atoms with E-state index in [4.69, 9.17) is 11.6 Å². The highest BCUT2D eigenvalue weighted by atomic mass is 35.5. The minimum Gasteiger partial charge on any atom is -0.370 e. The molecule has 2 rings (SSSR count). The van der Waals surface area contributed by atoms with Crippen molar-refractivity contribution in [3.63, 3.8) is 0 Å². The monoisotopic (exact) mass is 303 g/mol. The largest absolute Gasteiger partial charge is 0.370 e. The first-order chi connectivity index (χ1) is 10.1. The van der Waals surface area contributed by atoms with Crippen LogP contribution in [0.4, 0.5) is 5.82 Å². The highest BCUT2D eigenvalue weighted by Crippen LogP contribution is 2.22. The number of rotatable bonds is 5. The van der Waals surface area contributed by atoms with Crippen molar-refractivity contribution in [3.05, 3.63) is 58.7 Å². The van der Waals surface area contributed by atoms with E-state index in [1.165, 1.54) is 0 Å². The number of hydrogen-bond donors (Lipinski definition) is 2. The SMILES string of the molecule is CCNc1ccc(C(=O)NC(C)c2ccccc2Cl)cn1. The van der Waals surface area contributed by atoms with Crippen molar-refractivity contribution in [1.82, 2.24) is 10.3 Å². The Hall–Kier alpha value is -2.07. The van der Waals surface area contributed by atoms with Gasteiger partial charge in [-0.3, -0.25) is 4.79 Å². The summed E-state index contributed by atoms with van der Waals surface area (Å²) < 4.78 is 0. The molecule has 4 nitrogen and oxygen atoms in total. The summed E-state index contributed by atoms with van der Waals surface area (Å²) in [6.45, 7) is 4.69. The van der Waals surface area contributed by atoms with Gasteiger partial charge in [-0.05, 0) is 37.6 Å². The molecule has 0 saturated carbocycles. The van der Waals surface area contributed by atoms with Crippen LogP contribution in [0, 0.1) is 0 Å². The summed E-state index contributed by atoms with van der Waals surface area (Å²) in [5.74, 6) is 0.589. The van der Waals surface area contributed by atoms with E-state index in [0.717, 1.165) is 17.9 Å². The van der Waals surface area contributed by atoms with Gasteiger partial charge in [-0.1, -0.05) is 29.8 Å². The minimum atomic E-state index is -0.169. The van der Waals surface area contributed by atoms with Gasteiger partial charge in [0, 0.05) is 17.8 Å². The van der Waals surface area contributed by atoms with Crippen LogP contribution in [0.1, 0.15) is 35.8 Å². The zero-order valence-electron chi connectivity index (χ0n) is 12.1. The van der Waals surface area contributed by atoms with E-state index in [2.05, 4.69) is 15.6 Å². The van der Waals surface area contributed by atoms with Crippen LogP contribution in [-0.4, -0.2) is 17.4 Å². The molecule has 110 valence electrons. The average molecular weight is 304 g/mol. The second-order valence-electron chi connectivity index (χ2n) is 4.68. The number of anilines is 1. The summed E-state index contributed by atoms with van der Waals surface area (Å²) in [4.78, 5) is 16.4. The number of hydrogen-bond acceptors (Lipinski definition) is 3. The number of pyridine rings is 1. The molecular weight excluding hydrogens is 286 g/mol. The van der Waals surface area contributed by atoms with Gasteiger partial charge in [0.05, 0.1) is 11.6 Å². The Kier molecular flexibility index (Phi) is 5.17. The summed E-state index contributed by atoms with van der Waals surface area (Å²) in [5.41, 5.74) is 1.42. The molecule has 2 aromatic rings. The number of carbonyl (C=O) groups excluding carboxylic acids is 1. The van der Waals surface area contributed by atoms with Gasteiger partial charge in [-0.2, -0.15) is 0 Å². The van der Waals surface area contributed by atoms with Crippen LogP contribution in [0.15, 0.2) is 42.6 Å². The van der Waals surface area contributed by atoms with E-state index in [9.17, 15) is 4.79 Å². The molecule has 1 heterocycles. The van der Waals surface area contributed by atoms with Crippen molar-refractivity contribution in [3.8, 4) is 0 Å². The van der Waals surface area contributed by atoms with Crippen LogP contribution >= 0.6 is 11.6 Å². The smallest absolute Gasteiger partial charge is 0.253 e. The first-order valence-electron chi connectivity index (χ1n) is 6.87. The molecule has 0 fully saturated rings. The molecule has 0 spiro atoms. The standard InChI is InChI=1S/C16H18ClN3O/c1-3-18-15-9-8-12(10-19-15)16(21)20-11(2)13-6-4-5-7-14(13)17/h4-11H,3H2,1-2H3,(H,18,19)(H,20,21). The van der Waals surface area contributed by atoms with Gasteiger partial charge in [-0.15, -0.1) is 0 Å². The van der Waals surface area contributed by atoms with Crippen molar-refractivity contribution < 1.29 is 4.79 Å². The van der Waals surface area contributed by atoms with Gasteiger partial charge in [-0.25, -0.2) is 4.98 Å². The zero-order chi connectivity index (χ0) is 15.2. The minimum absolute atomic E-state index is 0.167. The lowest BCUT2D eigenvalue weighted by atomic mass is 10.1. The molecule has 0 radical (unpaired) electrons. The molecule has 0 aliphatic rings. The third-order valence-corrected chi connectivity index (χ3v) is 3.45. The summed E-state index contributed by atoms with van der Waals surface area (Å²) in [7, 11) is 0. The molecule has 1 aromatic carbocycles. The van der Waals surface area contributed by atoms with Crippen molar-refractivity contribution >= 4 is 23.3 Å². The lowest BCUT2D eigenvalue weighted by Gasteiger charge is -2.15. The maximum Gasteiger partial charge on any atom is 0.253 e. The molecule has 0 bridgehead atoms. The van der Waals surface area contributed by atoms with Crippen molar-refractivity contribution in [2.45, 2.75) is 19.9 Å². The third kappa shape index (κ3) is 3.95. The number of benzene rings is 1. The zero-order valence-corrected chi connectivity index (χ0v) is 12.8. The number of carbonyl (C=O) groups is 1.